The first kappa shape index (κ1) is 24.5. The molecular weight excluding hydrogens is 454 g/mol. The molecule has 1 aliphatic carbocycles. The van der Waals surface area contributed by atoms with E-state index in [9.17, 15) is 19.8 Å². The molecule has 2 aromatic carbocycles. The van der Waals surface area contributed by atoms with E-state index < -0.39 is 0 Å². The maximum atomic E-state index is 13.2. The summed E-state index contributed by atoms with van der Waals surface area (Å²) in [7, 11) is 0. The Kier molecular flexibility index (Phi) is 7.08. The van der Waals surface area contributed by atoms with Gasteiger partial charge < -0.3 is 14.9 Å². The third-order valence-electron chi connectivity index (χ3n) is 7.82. The van der Waals surface area contributed by atoms with Crippen LogP contribution in [0.25, 0.3) is 11.6 Å². The number of hydrogen-bond donors (Lipinski definition) is 2. The summed E-state index contributed by atoms with van der Waals surface area (Å²) in [6.07, 6.45) is 4.34. The van der Waals surface area contributed by atoms with Crippen LogP contribution in [0.2, 0.25) is 0 Å². The monoisotopic (exact) mass is 487 g/mol. The number of hydrogen-bond acceptors (Lipinski definition) is 5. The predicted octanol–water partition coefficient (Wildman–Crippen LogP) is 4.43. The second kappa shape index (κ2) is 10.4. The highest BCUT2D eigenvalue weighted by Gasteiger charge is 2.56. The summed E-state index contributed by atoms with van der Waals surface area (Å²) in [5, 5.41) is 20.5. The summed E-state index contributed by atoms with van der Waals surface area (Å²) in [5.41, 5.74) is 4.78. The summed E-state index contributed by atoms with van der Waals surface area (Å²) in [4.78, 5) is 27.6. The first-order valence-electron chi connectivity index (χ1n) is 12.9. The molecule has 0 radical (unpaired) electrons. The van der Waals surface area contributed by atoms with E-state index in [2.05, 4.69) is 12.1 Å². The Morgan fingerprint density at radius 1 is 1.06 bits per heavy atom. The molecule has 2 aromatic rings. The Morgan fingerprint density at radius 3 is 2.53 bits per heavy atom. The van der Waals surface area contributed by atoms with Crippen molar-refractivity contribution in [2.75, 3.05) is 19.8 Å². The Morgan fingerprint density at radius 2 is 1.81 bits per heavy atom. The fraction of sp³-hybridized carbons (Fsp3) is 0.400. The molecule has 188 valence electrons. The van der Waals surface area contributed by atoms with Crippen LogP contribution in [0.4, 0.5) is 0 Å². The molecule has 36 heavy (non-hydrogen) atoms. The summed E-state index contributed by atoms with van der Waals surface area (Å²) in [5.74, 6) is -0.880. The fourth-order valence-corrected chi connectivity index (χ4v) is 6.16. The number of benzene rings is 2. The second-order valence-electron chi connectivity index (χ2n) is 9.94. The van der Waals surface area contributed by atoms with Crippen molar-refractivity contribution < 1.29 is 24.5 Å². The van der Waals surface area contributed by atoms with Crippen molar-refractivity contribution in [3.05, 3.63) is 76.9 Å². The molecule has 0 aromatic heterocycles. The minimum atomic E-state index is -0.386. The number of carbonyl (C=O) groups is 2. The first-order chi connectivity index (χ1) is 17.5. The number of phenolic OH excluding ortho intramolecular Hbond substituents is 1. The van der Waals surface area contributed by atoms with Gasteiger partial charge in [0.25, 0.3) is 0 Å². The van der Waals surface area contributed by atoms with Crippen LogP contribution in [0.5, 0.6) is 5.75 Å². The van der Waals surface area contributed by atoms with Crippen molar-refractivity contribution >= 4 is 23.5 Å². The van der Waals surface area contributed by atoms with Crippen LogP contribution in [0.3, 0.4) is 0 Å². The lowest BCUT2D eigenvalue weighted by atomic mass is 9.69. The quantitative estimate of drug-likeness (QED) is 0.327. The van der Waals surface area contributed by atoms with Gasteiger partial charge in [-0.25, -0.2) is 0 Å². The summed E-state index contributed by atoms with van der Waals surface area (Å²) in [6, 6.07) is 17.3. The van der Waals surface area contributed by atoms with Crippen LogP contribution in [0.1, 0.15) is 43.7 Å². The van der Waals surface area contributed by atoms with Crippen LogP contribution in [-0.4, -0.2) is 52.8 Å². The summed E-state index contributed by atoms with van der Waals surface area (Å²) < 4.78 is 6.25. The lowest BCUT2D eigenvalue weighted by molar-refractivity contribution is -0.140. The van der Waals surface area contributed by atoms with Gasteiger partial charge in [-0.05, 0) is 60.1 Å². The third kappa shape index (κ3) is 4.40. The van der Waals surface area contributed by atoms with Gasteiger partial charge in [0.2, 0.25) is 11.8 Å². The molecule has 3 aliphatic rings. The standard InChI is InChI=1S/C30H33NO5/c1-2-14-31-29(34)23-16-22(17-32)27-24(28(23)30(31)35)18-36-26(27)13-12-20(19-8-4-3-5-9-19)15-21-10-6-7-11-25(21)33/h3-11,15,23-24,26,28,32-33H,2,12-14,16-18H2,1H3/b20-15-/t23-,24+,26-,28-/m1/s1. The molecule has 0 bridgehead atoms. The Hall–Kier alpha value is -3.22. The van der Waals surface area contributed by atoms with Crippen LogP contribution < -0.4 is 0 Å². The van der Waals surface area contributed by atoms with Gasteiger partial charge in [0, 0.05) is 18.0 Å². The van der Waals surface area contributed by atoms with E-state index in [0.717, 1.165) is 34.3 Å². The summed E-state index contributed by atoms with van der Waals surface area (Å²) >= 11 is 0. The van der Waals surface area contributed by atoms with E-state index in [0.29, 0.717) is 32.4 Å². The first-order valence-corrected chi connectivity index (χ1v) is 12.9. The number of rotatable bonds is 8. The van der Waals surface area contributed by atoms with Crippen molar-refractivity contribution in [3.63, 3.8) is 0 Å². The molecular formula is C30H33NO5. The van der Waals surface area contributed by atoms with Crippen LogP contribution in [0, 0.1) is 17.8 Å². The van der Waals surface area contributed by atoms with Crippen molar-refractivity contribution in [1.29, 1.82) is 0 Å². The van der Waals surface area contributed by atoms with Crippen LogP contribution in [-0.2, 0) is 14.3 Å². The normalized spacial score (nSPS) is 25.9. The van der Waals surface area contributed by atoms with Crippen LogP contribution >= 0.6 is 0 Å². The maximum Gasteiger partial charge on any atom is 0.233 e. The Balaban J connectivity index is 1.41. The van der Waals surface area contributed by atoms with Crippen LogP contribution in [0.15, 0.2) is 65.7 Å². The molecule has 0 unspecified atom stereocenters. The minimum Gasteiger partial charge on any atom is -0.507 e. The van der Waals surface area contributed by atoms with E-state index in [1.807, 2.05) is 43.3 Å². The van der Waals surface area contributed by atoms with Gasteiger partial charge in [0.15, 0.2) is 0 Å². The van der Waals surface area contributed by atoms with Gasteiger partial charge in [0.05, 0.1) is 31.2 Å². The zero-order chi connectivity index (χ0) is 25.2. The number of imide groups is 1. The SMILES string of the molecule is CCCN1C(=O)[C@@H]2[C@@H](CC(CO)=C3[C@@H](CC/C(=C/c4ccccc4O)c4ccccc4)OC[C@@H]32)C1=O. The molecule has 0 spiro atoms. The fourth-order valence-electron chi connectivity index (χ4n) is 6.16. The van der Waals surface area contributed by atoms with E-state index in [4.69, 9.17) is 4.74 Å². The smallest absolute Gasteiger partial charge is 0.233 e. The minimum absolute atomic E-state index is 0.0833. The second-order valence-corrected chi connectivity index (χ2v) is 9.94. The van der Waals surface area contributed by atoms with Gasteiger partial charge >= 0.3 is 0 Å². The number of likely N-dealkylation sites (tertiary alicyclic amines) is 1. The molecule has 2 fully saturated rings. The number of aliphatic hydroxyl groups excluding tert-OH is 1. The molecule has 4 atom stereocenters. The Labute approximate surface area is 211 Å². The van der Waals surface area contributed by atoms with Gasteiger partial charge in [0.1, 0.15) is 5.75 Å². The van der Waals surface area contributed by atoms with Gasteiger partial charge in [-0.3, -0.25) is 14.5 Å². The maximum absolute atomic E-state index is 13.2. The largest absolute Gasteiger partial charge is 0.507 e. The predicted molar refractivity (Wildman–Crippen MR) is 138 cm³/mol. The van der Waals surface area contributed by atoms with Gasteiger partial charge in [-0.15, -0.1) is 0 Å². The van der Waals surface area contributed by atoms with Crippen molar-refractivity contribution in [2.24, 2.45) is 17.8 Å². The number of ether oxygens (including phenoxy) is 1. The highest BCUT2D eigenvalue weighted by Crippen LogP contribution is 2.50. The highest BCUT2D eigenvalue weighted by molar-refractivity contribution is 6.06. The molecule has 6 heteroatoms. The van der Waals surface area contributed by atoms with Crippen molar-refractivity contribution in [3.8, 4) is 5.75 Å². The number of aliphatic hydroxyl groups is 1. The molecule has 5 rings (SSSR count). The zero-order valence-electron chi connectivity index (χ0n) is 20.6. The number of phenols is 1. The molecule has 6 nitrogen and oxygen atoms in total. The highest BCUT2D eigenvalue weighted by atomic mass is 16.5. The number of nitrogens with zero attached hydrogens (tertiary/aromatic N) is 1. The van der Waals surface area contributed by atoms with Gasteiger partial charge in [-0.1, -0.05) is 55.5 Å². The number of carbonyl (C=O) groups excluding carboxylic acids is 2. The summed E-state index contributed by atoms with van der Waals surface area (Å²) in [6.45, 7) is 2.69. The third-order valence-corrected chi connectivity index (χ3v) is 7.82. The average molecular weight is 488 g/mol. The molecule has 2 heterocycles. The number of para-hydroxylation sites is 1. The topological polar surface area (TPSA) is 87.1 Å². The molecule has 0 saturated carbocycles. The number of amides is 2. The molecule has 2 saturated heterocycles. The number of allylic oxidation sites excluding steroid dienone is 1. The average Bonchev–Trinajstić information content (AvgIpc) is 3.42. The van der Waals surface area contributed by atoms with Crippen molar-refractivity contribution in [2.45, 2.75) is 38.7 Å². The van der Waals surface area contributed by atoms with E-state index >= 15 is 0 Å². The molecule has 2 amide bonds. The number of fused-ring (bicyclic) bond motifs is 3. The van der Waals surface area contributed by atoms with E-state index in [1.54, 1.807) is 12.1 Å². The molecule has 2 N–H and O–H groups in total. The van der Waals surface area contributed by atoms with E-state index in [1.165, 1.54) is 4.90 Å². The molecule has 2 aliphatic heterocycles. The van der Waals surface area contributed by atoms with Gasteiger partial charge in [-0.2, -0.15) is 0 Å². The lowest BCUT2D eigenvalue weighted by Crippen LogP contribution is -2.35. The Bertz CT molecular complexity index is 1200. The number of aromatic hydroxyl groups is 1. The van der Waals surface area contributed by atoms with E-state index in [-0.39, 0.29) is 48.0 Å². The van der Waals surface area contributed by atoms with Crippen molar-refractivity contribution in [1.82, 2.24) is 4.90 Å². The zero-order valence-corrected chi connectivity index (χ0v) is 20.6. The lowest BCUT2D eigenvalue weighted by Gasteiger charge is -2.31.